The Bertz CT molecular complexity index is 313. The normalized spacial score (nSPS) is 12.7. The first-order valence-corrected chi connectivity index (χ1v) is 4.73. The van der Waals surface area contributed by atoms with E-state index in [1.165, 1.54) is 0 Å². The molecule has 0 saturated carbocycles. The molecule has 0 aliphatic heterocycles. The van der Waals surface area contributed by atoms with Crippen molar-refractivity contribution in [2.24, 2.45) is 0 Å². The van der Waals surface area contributed by atoms with E-state index in [1.807, 2.05) is 30.3 Å². The van der Waals surface area contributed by atoms with Crippen LogP contribution in [-0.2, 0) is 4.79 Å². The van der Waals surface area contributed by atoms with Gasteiger partial charge in [0.1, 0.15) is 0 Å². The molecule has 4 heteroatoms. The summed E-state index contributed by atoms with van der Waals surface area (Å²) in [5.41, 5.74) is 0.801. The fourth-order valence-corrected chi connectivity index (χ4v) is 1.37. The second kappa shape index (κ2) is 5.48. The van der Waals surface area contributed by atoms with Crippen LogP contribution in [0.3, 0.4) is 0 Å². The Kier molecular flexibility index (Phi) is 4.27. The summed E-state index contributed by atoms with van der Waals surface area (Å²) in [5, 5.41) is 18.3. The number of carboxylic acid groups (broad SMARTS) is 1. The molecule has 1 atom stereocenters. The molecule has 0 unspecified atom stereocenters. The molecule has 0 heterocycles. The van der Waals surface area contributed by atoms with E-state index in [9.17, 15) is 9.90 Å². The average molecular weight is 209 g/mol. The Hall–Kier alpha value is -1.39. The summed E-state index contributed by atoms with van der Waals surface area (Å²) in [5.74, 6) is -0.891. The van der Waals surface area contributed by atoms with Gasteiger partial charge in [-0.25, -0.2) is 0 Å². The molecule has 1 aromatic carbocycles. The van der Waals surface area contributed by atoms with Crippen molar-refractivity contribution in [3.63, 3.8) is 0 Å². The van der Waals surface area contributed by atoms with Crippen LogP contribution >= 0.6 is 0 Å². The van der Waals surface area contributed by atoms with E-state index in [2.05, 4.69) is 0 Å². The number of aliphatic carboxylic acids is 1. The van der Waals surface area contributed by atoms with Gasteiger partial charge in [-0.3, -0.25) is 9.69 Å². The van der Waals surface area contributed by atoms with E-state index in [1.54, 1.807) is 11.9 Å². The summed E-state index contributed by atoms with van der Waals surface area (Å²) in [7, 11) is 1.67. The molecule has 0 fully saturated rings. The Morgan fingerprint density at radius 3 is 2.53 bits per heavy atom. The predicted molar refractivity (Wildman–Crippen MR) is 56.5 cm³/mol. The summed E-state index contributed by atoms with van der Waals surface area (Å²) in [6.45, 7) is 0.250. The maximum atomic E-state index is 10.4. The summed E-state index contributed by atoms with van der Waals surface area (Å²) >= 11 is 0. The monoisotopic (exact) mass is 209 g/mol. The van der Waals surface area contributed by atoms with E-state index < -0.39 is 12.1 Å². The van der Waals surface area contributed by atoms with Gasteiger partial charge < -0.3 is 10.2 Å². The van der Waals surface area contributed by atoms with Crippen LogP contribution in [0.1, 0.15) is 11.7 Å². The number of hydrogen-bond acceptors (Lipinski definition) is 3. The van der Waals surface area contributed by atoms with Crippen molar-refractivity contribution >= 4 is 5.97 Å². The minimum Gasteiger partial charge on any atom is -0.480 e. The predicted octanol–water partition coefficient (Wildman–Crippen LogP) is 0.736. The molecule has 0 bridgehead atoms. The zero-order valence-electron chi connectivity index (χ0n) is 8.63. The molecule has 82 valence electrons. The fourth-order valence-electron chi connectivity index (χ4n) is 1.37. The summed E-state index contributed by atoms with van der Waals surface area (Å²) in [6.07, 6.45) is -0.643. The fraction of sp³-hybridized carbons (Fsp3) is 0.364. The molecule has 0 saturated heterocycles. The highest BCUT2D eigenvalue weighted by molar-refractivity contribution is 5.69. The maximum Gasteiger partial charge on any atom is 0.317 e. The topological polar surface area (TPSA) is 60.8 Å². The lowest BCUT2D eigenvalue weighted by atomic mass is 10.1. The largest absolute Gasteiger partial charge is 0.480 e. The van der Waals surface area contributed by atoms with E-state index in [-0.39, 0.29) is 6.54 Å². The zero-order chi connectivity index (χ0) is 11.3. The maximum absolute atomic E-state index is 10.4. The third kappa shape index (κ3) is 4.10. The number of benzene rings is 1. The number of hydrogen-bond donors (Lipinski definition) is 2. The molecule has 0 amide bonds. The molecule has 15 heavy (non-hydrogen) atoms. The standard InChI is InChI=1S/C11H15NO3/c1-12(8-11(14)15)7-10(13)9-5-3-2-4-6-9/h2-6,10,13H,7-8H2,1H3,(H,14,15)/t10-/m0/s1. The molecule has 1 aromatic rings. The van der Waals surface area contributed by atoms with Crippen molar-refractivity contribution < 1.29 is 15.0 Å². The summed E-state index contributed by atoms with van der Waals surface area (Å²) in [6, 6.07) is 9.20. The van der Waals surface area contributed by atoms with Gasteiger partial charge in [-0.2, -0.15) is 0 Å². The minimum absolute atomic E-state index is 0.0656. The van der Waals surface area contributed by atoms with E-state index in [0.29, 0.717) is 6.54 Å². The lowest BCUT2D eigenvalue weighted by molar-refractivity contribution is -0.138. The van der Waals surface area contributed by atoms with Gasteiger partial charge in [-0.15, -0.1) is 0 Å². The van der Waals surface area contributed by atoms with Crippen LogP contribution < -0.4 is 0 Å². The molecule has 0 aliphatic carbocycles. The number of likely N-dealkylation sites (N-methyl/N-ethyl adjacent to an activating group) is 1. The highest BCUT2D eigenvalue weighted by Gasteiger charge is 2.11. The van der Waals surface area contributed by atoms with Crippen molar-refractivity contribution in [1.82, 2.24) is 4.90 Å². The van der Waals surface area contributed by atoms with Gasteiger partial charge in [0.05, 0.1) is 12.6 Å². The lowest BCUT2D eigenvalue weighted by Gasteiger charge is -2.18. The Balaban J connectivity index is 2.49. The highest BCUT2D eigenvalue weighted by atomic mass is 16.4. The number of carboxylic acids is 1. The van der Waals surface area contributed by atoms with Crippen LogP contribution in [0.2, 0.25) is 0 Å². The van der Waals surface area contributed by atoms with Gasteiger partial charge in [0.25, 0.3) is 0 Å². The Morgan fingerprint density at radius 1 is 1.40 bits per heavy atom. The van der Waals surface area contributed by atoms with Crippen molar-refractivity contribution in [2.75, 3.05) is 20.1 Å². The van der Waals surface area contributed by atoms with E-state index in [0.717, 1.165) is 5.56 Å². The van der Waals surface area contributed by atoms with Crippen molar-refractivity contribution in [3.05, 3.63) is 35.9 Å². The number of carbonyl (C=O) groups is 1. The average Bonchev–Trinajstić information content (AvgIpc) is 2.17. The van der Waals surface area contributed by atoms with Crippen LogP contribution in [0.4, 0.5) is 0 Å². The van der Waals surface area contributed by atoms with Crippen LogP contribution in [0, 0.1) is 0 Å². The van der Waals surface area contributed by atoms with Crippen molar-refractivity contribution in [2.45, 2.75) is 6.10 Å². The van der Waals surface area contributed by atoms with E-state index in [4.69, 9.17) is 5.11 Å². The SMILES string of the molecule is CN(CC(=O)O)C[C@H](O)c1ccccc1. The zero-order valence-corrected chi connectivity index (χ0v) is 8.63. The Labute approximate surface area is 88.8 Å². The quantitative estimate of drug-likeness (QED) is 0.750. The van der Waals surface area contributed by atoms with Crippen LogP contribution in [0.25, 0.3) is 0 Å². The minimum atomic E-state index is -0.891. The molecule has 0 aliphatic rings. The molecule has 2 N–H and O–H groups in total. The molecule has 0 aromatic heterocycles. The number of rotatable bonds is 5. The van der Waals surface area contributed by atoms with Gasteiger partial charge in [0.2, 0.25) is 0 Å². The molecular formula is C11H15NO3. The molecule has 0 radical (unpaired) electrons. The van der Waals surface area contributed by atoms with Crippen molar-refractivity contribution in [3.8, 4) is 0 Å². The first-order valence-electron chi connectivity index (χ1n) is 4.73. The Morgan fingerprint density at radius 2 is 2.00 bits per heavy atom. The van der Waals surface area contributed by atoms with E-state index >= 15 is 0 Å². The first-order chi connectivity index (χ1) is 7.09. The third-order valence-corrected chi connectivity index (χ3v) is 2.07. The molecule has 0 spiro atoms. The van der Waals surface area contributed by atoms with Gasteiger partial charge in [-0.05, 0) is 12.6 Å². The molecular weight excluding hydrogens is 194 g/mol. The second-order valence-electron chi connectivity index (χ2n) is 3.52. The molecule has 1 rings (SSSR count). The van der Waals surface area contributed by atoms with Crippen LogP contribution in [0.5, 0.6) is 0 Å². The number of nitrogens with zero attached hydrogens (tertiary/aromatic N) is 1. The lowest BCUT2D eigenvalue weighted by Crippen LogP contribution is -2.29. The summed E-state index contributed by atoms with van der Waals surface area (Å²) in [4.78, 5) is 12.0. The van der Waals surface area contributed by atoms with Gasteiger partial charge in [0, 0.05) is 6.54 Å². The van der Waals surface area contributed by atoms with Gasteiger partial charge >= 0.3 is 5.97 Å². The van der Waals surface area contributed by atoms with Gasteiger partial charge in [-0.1, -0.05) is 30.3 Å². The first kappa shape index (κ1) is 11.7. The molecule has 4 nitrogen and oxygen atoms in total. The smallest absolute Gasteiger partial charge is 0.317 e. The van der Waals surface area contributed by atoms with Crippen LogP contribution in [0.15, 0.2) is 30.3 Å². The number of aliphatic hydroxyl groups excluding tert-OH is 1. The number of aliphatic hydroxyl groups is 1. The van der Waals surface area contributed by atoms with Gasteiger partial charge in [0.15, 0.2) is 0 Å². The second-order valence-corrected chi connectivity index (χ2v) is 3.52. The van der Waals surface area contributed by atoms with Crippen LogP contribution in [-0.4, -0.2) is 41.2 Å². The third-order valence-electron chi connectivity index (χ3n) is 2.07. The highest BCUT2D eigenvalue weighted by Crippen LogP contribution is 2.12. The van der Waals surface area contributed by atoms with Crippen molar-refractivity contribution in [1.29, 1.82) is 0 Å². The summed E-state index contributed by atoms with van der Waals surface area (Å²) < 4.78 is 0.